The van der Waals surface area contributed by atoms with Gasteiger partial charge in [0.1, 0.15) is 23.2 Å². The lowest BCUT2D eigenvalue weighted by molar-refractivity contribution is 0.413. The average Bonchev–Trinajstić information content (AvgIpc) is 3.00. The van der Waals surface area contributed by atoms with Crippen LogP contribution in [0.1, 0.15) is 28.8 Å². The van der Waals surface area contributed by atoms with Gasteiger partial charge in [-0.2, -0.15) is 0 Å². The van der Waals surface area contributed by atoms with Gasteiger partial charge in [0.25, 0.3) is 0 Å². The van der Waals surface area contributed by atoms with E-state index < -0.39 is 11.6 Å². The molecule has 0 saturated heterocycles. The molecular weight excluding hydrogens is 380 g/mol. The van der Waals surface area contributed by atoms with Crippen LogP contribution in [0.2, 0.25) is 0 Å². The zero-order valence-corrected chi connectivity index (χ0v) is 16.5. The van der Waals surface area contributed by atoms with Gasteiger partial charge in [-0.05, 0) is 37.6 Å². The molecule has 1 atom stereocenters. The quantitative estimate of drug-likeness (QED) is 0.648. The summed E-state index contributed by atoms with van der Waals surface area (Å²) in [5.41, 5.74) is 2.62. The van der Waals surface area contributed by atoms with Crippen molar-refractivity contribution in [2.75, 3.05) is 18.6 Å². The zero-order chi connectivity index (χ0) is 19.7. The van der Waals surface area contributed by atoms with E-state index in [9.17, 15) is 8.78 Å². The van der Waals surface area contributed by atoms with Gasteiger partial charge in [0.05, 0.1) is 31.2 Å². The molecule has 4 nitrogen and oxygen atoms in total. The largest absolute Gasteiger partial charge is 0.497 e. The van der Waals surface area contributed by atoms with Gasteiger partial charge in [-0.15, -0.1) is 11.8 Å². The molecule has 0 fully saturated rings. The Morgan fingerprint density at radius 3 is 2.82 bits per heavy atom. The Labute approximate surface area is 166 Å². The molecule has 146 valence electrons. The van der Waals surface area contributed by atoms with Crippen molar-refractivity contribution in [2.45, 2.75) is 30.0 Å². The lowest BCUT2D eigenvalue weighted by Crippen LogP contribution is -2.24. The van der Waals surface area contributed by atoms with E-state index in [1.165, 1.54) is 6.07 Å². The molecule has 4 rings (SSSR count). The third-order valence-electron chi connectivity index (χ3n) is 4.86. The van der Waals surface area contributed by atoms with Crippen molar-refractivity contribution < 1.29 is 13.5 Å². The summed E-state index contributed by atoms with van der Waals surface area (Å²) in [5.74, 6) is 0.571. The van der Waals surface area contributed by atoms with E-state index in [0.29, 0.717) is 12.1 Å². The van der Waals surface area contributed by atoms with Gasteiger partial charge < -0.3 is 14.6 Å². The Morgan fingerprint density at radius 2 is 2.11 bits per heavy atom. The first-order valence-electron chi connectivity index (χ1n) is 9.08. The number of benzene rings is 2. The lowest BCUT2D eigenvalue weighted by atomic mass is 10.1. The van der Waals surface area contributed by atoms with Crippen LogP contribution in [0, 0.1) is 18.6 Å². The number of nitrogens with zero attached hydrogens (tertiary/aromatic N) is 2. The highest BCUT2D eigenvalue weighted by Gasteiger charge is 2.26. The van der Waals surface area contributed by atoms with Crippen LogP contribution in [0.15, 0.2) is 47.5 Å². The number of fused-ring (bicyclic) bond motifs is 1. The molecule has 0 spiro atoms. The fourth-order valence-corrected chi connectivity index (χ4v) is 4.84. The molecule has 1 aromatic heterocycles. The number of ether oxygens (including phenoxy) is 1. The van der Waals surface area contributed by atoms with Gasteiger partial charge in [-0.25, -0.2) is 13.8 Å². The molecule has 0 radical (unpaired) electrons. The maximum atomic E-state index is 14.4. The van der Waals surface area contributed by atoms with Gasteiger partial charge in [-0.3, -0.25) is 0 Å². The van der Waals surface area contributed by atoms with Gasteiger partial charge in [0.2, 0.25) is 0 Å². The number of halogens is 2. The highest BCUT2D eigenvalue weighted by Crippen LogP contribution is 2.47. The standard InChI is InChI=1S/C21H21F2N3OS/c1-13-24-11-15(25-13)12-26-8-7-20(17-5-3-14(22)9-18(17)23)28-21-10-16(27-2)4-6-19(21)26/h3-6,9-11,20H,7-8,12H2,1-2H3,(H,24,25)/t20-/m0/s1. The smallest absolute Gasteiger partial charge is 0.130 e. The summed E-state index contributed by atoms with van der Waals surface area (Å²) in [5, 5.41) is -0.111. The van der Waals surface area contributed by atoms with Gasteiger partial charge >= 0.3 is 0 Å². The maximum Gasteiger partial charge on any atom is 0.130 e. The summed E-state index contributed by atoms with van der Waals surface area (Å²) < 4.78 is 33.2. The average molecular weight is 401 g/mol. The molecule has 1 aliphatic heterocycles. The molecule has 7 heteroatoms. The highest BCUT2D eigenvalue weighted by atomic mass is 32.2. The van der Waals surface area contributed by atoms with Crippen molar-refractivity contribution in [1.29, 1.82) is 0 Å². The van der Waals surface area contributed by atoms with Crippen LogP contribution in [0.25, 0.3) is 0 Å². The second-order valence-electron chi connectivity index (χ2n) is 6.81. The van der Waals surface area contributed by atoms with Crippen molar-refractivity contribution in [3.05, 3.63) is 71.3 Å². The molecule has 2 heterocycles. The van der Waals surface area contributed by atoms with Crippen molar-refractivity contribution in [3.63, 3.8) is 0 Å². The minimum atomic E-state index is -0.557. The molecule has 1 N–H and O–H groups in total. The van der Waals surface area contributed by atoms with Crippen LogP contribution in [-0.2, 0) is 6.54 Å². The van der Waals surface area contributed by atoms with E-state index in [-0.39, 0.29) is 5.25 Å². The topological polar surface area (TPSA) is 41.1 Å². The summed E-state index contributed by atoms with van der Waals surface area (Å²) in [6.45, 7) is 3.35. The van der Waals surface area contributed by atoms with Crippen molar-refractivity contribution in [3.8, 4) is 5.75 Å². The third kappa shape index (κ3) is 3.85. The van der Waals surface area contributed by atoms with E-state index in [0.717, 1.165) is 46.9 Å². The molecular formula is C21H21F2N3OS. The molecule has 28 heavy (non-hydrogen) atoms. The van der Waals surface area contributed by atoms with E-state index in [2.05, 4.69) is 14.9 Å². The SMILES string of the molecule is COc1ccc2c(c1)S[C@H](c1ccc(F)cc1F)CCN2Cc1cnc(C)[nH]1. The second kappa shape index (κ2) is 7.83. The molecule has 0 unspecified atom stereocenters. The summed E-state index contributed by atoms with van der Waals surface area (Å²) in [4.78, 5) is 10.8. The molecule has 0 bridgehead atoms. The number of hydrogen-bond donors (Lipinski definition) is 1. The predicted octanol–water partition coefficient (Wildman–Crippen LogP) is 5.25. The number of methoxy groups -OCH3 is 1. The lowest BCUT2D eigenvalue weighted by Gasteiger charge is -2.24. The molecule has 3 aromatic rings. The fraction of sp³-hybridized carbons (Fsp3) is 0.286. The van der Waals surface area contributed by atoms with E-state index in [1.807, 2.05) is 31.3 Å². The number of H-pyrrole nitrogens is 1. The van der Waals surface area contributed by atoms with E-state index >= 15 is 0 Å². The van der Waals surface area contributed by atoms with Gasteiger partial charge in [-0.1, -0.05) is 6.07 Å². The third-order valence-corrected chi connectivity index (χ3v) is 6.22. The summed E-state index contributed by atoms with van der Waals surface area (Å²) >= 11 is 1.59. The first-order chi connectivity index (χ1) is 13.5. The minimum Gasteiger partial charge on any atom is -0.497 e. The van der Waals surface area contributed by atoms with Gasteiger partial charge in [0.15, 0.2) is 0 Å². The van der Waals surface area contributed by atoms with Crippen LogP contribution >= 0.6 is 11.8 Å². The van der Waals surface area contributed by atoms with Crippen LogP contribution in [0.5, 0.6) is 5.75 Å². The van der Waals surface area contributed by atoms with Crippen LogP contribution in [0.4, 0.5) is 14.5 Å². The minimum absolute atomic E-state index is 0.111. The molecule has 0 saturated carbocycles. The predicted molar refractivity (Wildman–Crippen MR) is 107 cm³/mol. The Balaban J connectivity index is 1.69. The van der Waals surface area contributed by atoms with Gasteiger partial charge in [0, 0.05) is 28.3 Å². The Hall–Kier alpha value is -2.54. The Morgan fingerprint density at radius 1 is 1.25 bits per heavy atom. The number of aryl methyl sites for hydroxylation is 1. The highest BCUT2D eigenvalue weighted by molar-refractivity contribution is 7.99. The fourth-order valence-electron chi connectivity index (χ4n) is 3.49. The van der Waals surface area contributed by atoms with Crippen molar-refractivity contribution in [1.82, 2.24) is 9.97 Å². The Bertz CT molecular complexity index is 992. The number of thioether (sulfide) groups is 1. The van der Waals surface area contributed by atoms with Crippen LogP contribution < -0.4 is 9.64 Å². The number of nitrogens with one attached hydrogen (secondary N) is 1. The first-order valence-corrected chi connectivity index (χ1v) is 9.96. The van der Waals surface area contributed by atoms with Crippen molar-refractivity contribution >= 4 is 17.4 Å². The van der Waals surface area contributed by atoms with Crippen LogP contribution in [-0.4, -0.2) is 23.6 Å². The zero-order valence-electron chi connectivity index (χ0n) is 15.7. The maximum absolute atomic E-state index is 14.4. The number of imidazole rings is 1. The molecule has 0 aliphatic carbocycles. The monoisotopic (exact) mass is 401 g/mol. The summed E-state index contributed by atoms with van der Waals surface area (Å²) in [6, 6.07) is 9.78. The number of rotatable bonds is 4. The number of aromatic nitrogens is 2. The summed E-state index contributed by atoms with van der Waals surface area (Å²) in [7, 11) is 1.63. The molecule has 0 amide bonds. The molecule has 2 aromatic carbocycles. The second-order valence-corrected chi connectivity index (χ2v) is 8.05. The van der Waals surface area contributed by atoms with E-state index in [1.54, 1.807) is 24.9 Å². The van der Waals surface area contributed by atoms with E-state index in [4.69, 9.17) is 4.74 Å². The number of hydrogen-bond acceptors (Lipinski definition) is 4. The van der Waals surface area contributed by atoms with Crippen LogP contribution in [0.3, 0.4) is 0 Å². The molecule has 1 aliphatic rings. The first kappa shape index (κ1) is 18.8. The van der Waals surface area contributed by atoms with Crippen molar-refractivity contribution in [2.24, 2.45) is 0 Å². The number of aromatic amines is 1. The normalized spacial score (nSPS) is 16.6. The Kier molecular flexibility index (Phi) is 5.26. The summed E-state index contributed by atoms with van der Waals surface area (Å²) in [6.07, 6.45) is 2.57. The number of anilines is 1.